The van der Waals surface area contributed by atoms with E-state index in [2.05, 4.69) is 61.7 Å². The first-order valence-electron chi connectivity index (χ1n) is 9.33. The lowest BCUT2D eigenvalue weighted by Gasteiger charge is -2.30. The number of fused-ring (bicyclic) bond motifs is 3. The summed E-state index contributed by atoms with van der Waals surface area (Å²) in [5.41, 5.74) is 4.09. The van der Waals surface area contributed by atoms with Gasteiger partial charge in [-0.15, -0.1) is 11.3 Å². The Morgan fingerprint density at radius 3 is 2.76 bits per heavy atom. The van der Waals surface area contributed by atoms with Crippen LogP contribution in [0, 0.1) is 0 Å². The van der Waals surface area contributed by atoms with E-state index in [0.29, 0.717) is 6.54 Å². The molecule has 0 aliphatic carbocycles. The van der Waals surface area contributed by atoms with Crippen molar-refractivity contribution >= 4 is 39.0 Å². The molecule has 6 heteroatoms. The van der Waals surface area contributed by atoms with Crippen molar-refractivity contribution in [3.8, 4) is 5.69 Å². The third-order valence-corrected chi connectivity index (χ3v) is 6.53. The number of hydrogen-bond acceptors (Lipinski definition) is 2. The number of hydrogen-bond donors (Lipinski definition) is 1. The lowest BCUT2D eigenvalue weighted by Crippen LogP contribution is -2.37. The highest BCUT2D eigenvalue weighted by Gasteiger charge is 2.33. The molecule has 0 fully saturated rings. The molecule has 1 aliphatic heterocycles. The molecule has 3 heterocycles. The van der Waals surface area contributed by atoms with Crippen LogP contribution in [-0.2, 0) is 6.54 Å². The SMILES string of the molecule is O=C(Nc1cccc(Br)c1)N1Cc2ccccc2-n2cccc2[C@@H]1c1cccs1. The minimum Gasteiger partial charge on any atom is -0.318 e. The lowest BCUT2D eigenvalue weighted by molar-refractivity contribution is 0.195. The highest BCUT2D eigenvalue weighted by molar-refractivity contribution is 9.10. The normalized spacial score (nSPS) is 15.3. The van der Waals surface area contributed by atoms with E-state index in [9.17, 15) is 4.79 Å². The third kappa shape index (κ3) is 3.39. The molecule has 0 radical (unpaired) electrons. The summed E-state index contributed by atoms with van der Waals surface area (Å²) < 4.78 is 3.13. The van der Waals surface area contributed by atoms with Crippen LogP contribution in [0.25, 0.3) is 5.69 Å². The van der Waals surface area contributed by atoms with E-state index in [1.54, 1.807) is 11.3 Å². The molecule has 5 rings (SSSR count). The van der Waals surface area contributed by atoms with Gasteiger partial charge in [0.25, 0.3) is 0 Å². The Balaban J connectivity index is 1.61. The Morgan fingerprint density at radius 2 is 1.93 bits per heavy atom. The van der Waals surface area contributed by atoms with Gasteiger partial charge in [-0.2, -0.15) is 0 Å². The van der Waals surface area contributed by atoms with Gasteiger partial charge in [-0.05, 0) is 53.4 Å². The van der Waals surface area contributed by atoms with Crippen molar-refractivity contribution in [2.75, 3.05) is 5.32 Å². The van der Waals surface area contributed by atoms with Crippen LogP contribution in [-0.4, -0.2) is 15.5 Å². The van der Waals surface area contributed by atoms with Crippen molar-refractivity contribution in [3.63, 3.8) is 0 Å². The standard InChI is InChI=1S/C23H18BrN3OS/c24-17-7-3-8-18(14-17)25-23(28)27-15-16-6-1-2-9-19(16)26-12-4-10-20(26)22(27)21-11-5-13-29-21/h1-14,22H,15H2,(H,25,28)/t22-/m1/s1. The number of anilines is 1. The van der Waals surface area contributed by atoms with E-state index in [4.69, 9.17) is 0 Å². The number of nitrogens with one attached hydrogen (secondary N) is 1. The van der Waals surface area contributed by atoms with Gasteiger partial charge in [0, 0.05) is 21.2 Å². The summed E-state index contributed by atoms with van der Waals surface area (Å²) in [5.74, 6) is 0. The first-order valence-corrected chi connectivity index (χ1v) is 11.0. The molecule has 29 heavy (non-hydrogen) atoms. The number of rotatable bonds is 2. The summed E-state index contributed by atoms with van der Waals surface area (Å²) in [5, 5.41) is 5.14. The summed E-state index contributed by atoms with van der Waals surface area (Å²) in [6, 6.07) is 23.9. The van der Waals surface area contributed by atoms with Crippen LogP contribution >= 0.6 is 27.3 Å². The van der Waals surface area contributed by atoms with Gasteiger partial charge in [0.05, 0.1) is 17.9 Å². The Kier molecular flexibility index (Phi) is 4.73. The second-order valence-corrected chi connectivity index (χ2v) is 8.81. The molecular formula is C23H18BrN3OS. The van der Waals surface area contributed by atoms with Gasteiger partial charge in [0.1, 0.15) is 6.04 Å². The molecule has 0 saturated heterocycles. The number of carbonyl (C=O) groups excluding carboxylic acids is 1. The number of amides is 2. The maximum atomic E-state index is 13.5. The predicted molar refractivity (Wildman–Crippen MR) is 121 cm³/mol. The lowest BCUT2D eigenvalue weighted by atomic mass is 10.1. The molecule has 0 unspecified atom stereocenters. The summed E-state index contributed by atoms with van der Waals surface area (Å²) >= 11 is 5.15. The van der Waals surface area contributed by atoms with E-state index >= 15 is 0 Å². The quantitative estimate of drug-likeness (QED) is 0.364. The number of benzene rings is 2. The van der Waals surface area contributed by atoms with Crippen molar-refractivity contribution in [1.82, 2.24) is 9.47 Å². The van der Waals surface area contributed by atoms with Crippen molar-refractivity contribution < 1.29 is 4.79 Å². The molecule has 0 saturated carbocycles. The average Bonchev–Trinajstić information content (AvgIpc) is 3.39. The second kappa shape index (κ2) is 7.54. The molecule has 2 aromatic heterocycles. The minimum atomic E-state index is -0.162. The van der Waals surface area contributed by atoms with E-state index in [1.807, 2.05) is 53.4 Å². The van der Waals surface area contributed by atoms with Gasteiger partial charge in [-0.1, -0.05) is 46.3 Å². The zero-order valence-electron chi connectivity index (χ0n) is 15.5. The molecule has 144 valence electrons. The van der Waals surface area contributed by atoms with E-state index in [1.165, 1.54) is 0 Å². The number of para-hydroxylation sites is 1. The number of carbonyl (C=O) groups is 1. The van der Waals surface area contributed by atoms with Crippen LogP contribution in [0.4, 0.5) is 10.5 Å². The number of aromatic nitrogens is 1. The molecule has 4 aromatic rings. The Bertz CT molecular complexity index is 1170. The van der Waals surface area contributed by atoms with Crippen LogP contribution in [0.3, 0.4) is 0 Å². The van der Waals surface area contributed by atoms with Gasteiger partial charge < -0.3 is 14.8 Å². The number of nitrogens with zero attached hydrogens (tertiary/aromatic N) is 2. The van der Waals surface area contributed by atoms with E-state index in [-0.39, 0.29) is 12.1 Å². The monoisotopic (exact) mass is 463 g/mol. The van der Waals surface area contributed by atoms with Gasteiger partial charge in [0.2, 0.25) is 0 Å². The maximum absolute atomic E-state index is 13.5. The van der Waals surface area contributed by atoms with Gasteiger partial charge >= 0.3 is 6.03 Å². The highest BCUT2D eigenvalue weighted by Crippen LogP contribution is 2.38. The van der Waals surface area contributed by atoms with Crippen LogP contribution in [0.1, 0.15) is 22.2 Å². The molecule has 1 N–H and O–H groups in total. The molecule has 4 nitrogen and oxygen atoms in total. The van der Waals surface area contributed by atoms with Gasteiger partial charge in [0.15, 0.2) is 0 Å². The number of thiophene rings is 1. The fraction of sp³-hybridized carbons (Fsp3) is 0.0870. The fourth-order valence-electron chi connectivity index (χ4n) is 3.85. The molecular weight excluding hydrogens is 446 g/mol. The Morgan fingerprint density at radius 1 is 1.03 bits per heavy atom. The Labute approximate surface area is 181 Å². The zero-order chi connectivity index (χ0) is 19.8. The van der Waals surface area contributed by atoms with Crippen LogP contribution < -0.4 is 5.32 Å². The van der Waals surface area contributed by atoms with E-state index < -0.39 is 0 Å². The molecule has 0 spiro atoms. The average molecular weight is 464 g/mol. The molecule has 0 bridgehead atoms. The van der Waals surface area contributed by atoms with Crippen LogP contribution in [0.2, 0.25) is 0 Å². The fourth-order valence-corrected chi connectivity index (χ4v) is 5.09. The van der Waals surface area contributed by atoms with Crippen molar-refractivity contribution in [2.24, 2.45) is 0 Å². The third-order valence-electron chi connectivity index (χ3n) is 5.11. The molecule has 2 amide bonds. The minimum absolute atomic E-state index is 0.119. The first-order chi connectivity index (χ1) is 14.2. The van der Waals surface area contributed by atoms with Crippen LogP contribution in [0.15, 0.2) is 88.8 Å². The smallest absolute Gasteiger partial charge is 0.318 e. The first kappa shape index (κ1) is 18.2. The Hall–Kier alpha value is -2.83. The highest BCUT2D eigenvalue weighted by atomic mass is 79.9. The topological polar surface area (TPSA) is 37.3 Å². The summed E-state index contributed by atoms with van der Waals surface area (Å²) in [4.78, 5) is 16.5. The molecule has 2 aromatic carbocycles. The second-order valence-electron chi connectivity index (χ2n) is 6.92. The van der Waals surface area contributed by atoms with Crippen molar-refractivity contribution in [2.45, 2.75) is 12.6 Å². The zero-order valence-corrected chi connectivity index (χ0v) is 17.9. The maximum Gasteiger partial charge on any atom is 0.323 e. The predicted octanol–water partition coefficient (Wildman–Crippen LogP) is 6.44. The molecule has 1 aliphatic rings. The summed E-state index contributed by atoms with van der Waals surface area (Å²) in [6.45, 7) is 0.528. The van der Waals surface area contributed by atoms with E-state index in [0.717, 1.165) is 32.0 Å². The van der Waals surface area contributed by atoms with Crippen LogP contribution in [0.5, 0.6) is 0 Å². The van der Waals surface area contributed by atoms with Crippen molar-refractivity contribution in [1.29, 1.82) is 0 Å². The largest absolute Gasteiger partial charge is 0.323 e. The molecule has 1 atom stereocenters. The number of halogens is 1. The summed E-state index contributed by atoms with van der Waals surface area (Å²) in [6.07, 6.45) is 2.07. The van der Waals surface area contributed by atoms with Gasteiger partial charge in [-0.25, -0.2) is 4.79 Å². The van der Waals surface area contributed by atoms with Gasteiger partial charge in [-0.3, -0.25) is 0 Å². The summed E-state index contributed by atoms with van der Waals surface area (Å²) in [7, 11) is 0. The van der Waals surface area contributed by atoms with Crippen molar-refractivity contribution in [3.05, 3.63) is 105 Å². The number of urea groups is 1.